The summed E-state index contributed by atoms with van der Waals surface area (Å²) in [6.45, 7) is 2.02. The van der Waals surface area contributed by atoms with Crippen molar-refractivity contribution in [3.8, 4) is 11.3 Å². The van der Waals surface area contributed by atoms with Gasteiger partial charge in [-0.25, -0.2) is 15.0 Å². The zero-order valence-electron chi connectivity index (χ0n) is 20.1. The molecule has 37 heavy (non-hydrogen) atoms. The lowest BCUT2D eigenvalue weighted by atomic mass is 9.73. The highest BCUT2D eigenvalue weighted by Gasteiger charge is 2.65. The van der Waals surface area contributed by atoms with Crippen LogP contribution in [-0.2, 0) is 12.0 Å². The van der Waals surface area contributed by atoms with Crippen LogP contribution in [0.3, 0.4) is 0 Å². The van der Waals surface area contributed by atoms with Crippen LogP contribution in [0.25, 0.3) is 22.3 Å². The van der Waals surface area contributed by atoms with Crippen molar-refractivity contribution in [3.05, 3.63) is 124 Å². The minimum atomic E-state index is -0.916. The largest absolute Gasteiger partial charge is 0.348 e. The van der Waals surface area contributed by atoms with Crippen LogP contribution in [0.4, 0.5) is 0 Å². The van der Waals surface area contributed by atoms with Gasteiger partial charge in [-0.1, -0.05) is 66.2 Å². The van der Waals surface area contributed by atoms with E-state index in [1.807, 2.05) is 73.7 Å². The maximum absolute atomic E-state index is 12.9. The number of aromatic nitrogens is 4. The Balaban J connectivity index is 1.54. The average Bonchev–Trinajstić information content (AvgIpc) is 3.61. The van der Waals surface area contributed by atoms with E-state index in [1.54, 1.807) is 12.5 Å². The van der Waals surface area contributed by atoms with Gasteiger partial charge in [-0.05, 0) is 30.2 Å². The molecule has 0 bridgehead atoms. The van der Waals surface area contributed by atoms with Gasteiger partial charge in [0, 0.05) is 28.8 Å². The van der Waals surface area contributed by atoms with E-state index in [1.165, 1.54) is 0 Å². The number of para-hydroxylation sites is 2. The second-order valence-corrected chi connectivity index (χ2v) is 9.96. The summed E-state index contributed by atoms with van der Waals surface area (Å²) in [5, 5.41) is 16.7. The lowest BCUT2D eigenvalue weighted by molar-refractivity contribution is -0.527. The van der Waals surface area contributed by atoms with Crippen molar-refractivity contribution in [2.24, 2.45) is 0 Å². The minimum absolute atomic E-state index is 0.123. The quantitative estimate of drug-likeness (QED) is 0.284. The standard InChI is InChI=1S/C29H24N6O2/c1-17-10-12-18(13-11-17)25-27(35(36)37)24(14-19-15-30-16-31-19)34-29(25)21-7-3-2-6-20(21)26-28(29)33-23-9-5-4-8-22(23)32-26/h2-13,15-16,24-25,27,34H,14H2,1H3,(H,30,31). The fraction of sp³-hybridized carbons (Fsp3) is 0.207. The highest BCUT2D eigenvalue weighted by molar-refractivity contribution is 5.84. The molecule has 1 aliphatic heterocycles. The van der Waals surface area contributed by atoms with E-state index in [-0.39, 0.29) is 4.92 Å². The Morgan fingerprint density at radius 1 is 0.973 bits per heavy atom. The van der Waals surface area contributed by atoms with Crippen LogP contribution in [0.2, 0.25) is 0 Å². The zero-order valence-corrected chi connectivity index (χ0v) is 20.1. The molecule has 0 radical (unpaired) electrons. The number of H-pyrrole nitrogens is 1. The molecule has 2 aromatic heterocycles. The smallest absolute Gasteiger partial charge is 0.237 e. The molecule has 3 aromatic carbocycles. The van der Waals surface area contributed by atoms with E-state index in [0.717, 1.165) is 50.4 Å². The molecule has 7 rings (SSSR count). The number of nitrogens with one attached hydrogen (secondary N) is 2. The minimum Gasteiger partial charge on any atom is -0.348 e. The van der Waals surface area contributed by atoms with Gasteiger partial charge in [-0.3, -0.25) is 15.4 Å². The molecule has 0 amide bonds. The molecule has 1 aliphatic carbocycles. The highest BCUT2D eigenvalue weighted by Crippen LogP contribution is 2.58. The van der Waals surface area contributed by atoms with E-state index in [9.17, 15) is 10.1 Å². The van der Waals surface area contributed by atoms with Gasteiger partial charge in [0.05, 0.1) is 40.7 Å². The third kappa shape index (κ3) is 3.15. The third-order valence-electron chi connectivity index (χ3n) is 7.86. The summed E-state index contributed by atoms with van der Waals surface area (Å²) in [6.07, 6.45) is 3.78. The van der Waals surface area contributed by atoms with Crippen molar-refractivity contribution in [2.45, 2.75) is 36.9 Å². The first-order chi connectivity index (χ1) is 18.1. The second kappa shape index (κ2) is 8.04. The first-order valence-electron chi connectivity index (χ1n) is 12.4. The molecular weight excluding hydrogens is 464 g/mol. The molecule has 8 heteroatoms. The van der Waals surface area contributed by atoms with Gasteiger partial charge in [-0.15, -0.1) is 0 Å². The Labute approximate surface area is 213 Å². The lowest BCUT2D eigenvalue weighted by Gasteiger charge is -2.33. The number of aryl methyl sites for hydroxylation is 1. The zero-order chi connectivity index (χ0) is 25.1. The van der Waals surface area contributed by atoms with Crippen LogP contribution in [0, 0.1) is 17.0 Å². The van der Waals surface area contributed by atoms with Gasteiger partial charge in [-0.2, -0.15) is 0 Å². The maximum atomic E-state index is 12.9. The van der Waals surface area contributed by atoms with Crippen molar-refractivity contribution in [1.29, 1.82) is 0 Å². The molecule has 1 spiro atoms. The van der Waals surface area contributed by atoms with Crippen molar-refractivity contribution in [2.75, 3.05) is 0 Å². The van der Waals surface area contributed by atoms with Crippen LogP contribution in [-0.4, -0.2) is 36.9 Å². The Morgan fingerprint density at radius 2 is 1.70 bits per heavy atom. The molecule has 0 saturated carbocycles. The summed E-state index contributed by atoms with van der Waals surface area (Å²) in [5.74, 6) is -0.506. The topological polar surface area (TPSA) is 110 Å². The molecule has 2 N–H and O–H groups in total. The monoisotopic (exact) mass is 488 g/mol. The number of hydrogen-bond donors (Lipinski definition) is 2. The molecule has 1 fully saturated rings. The van der Waals surface area contributed by atoms with Crippen LogP contribution in [0.5, 0.6) is 0 Å². The van der Waals surface area contributed by atoms with Gasteiger partial charge in [0.1, 0.15) is 5.54 Å². The van der Waals surface area contributed by atoms with E-state index in [2.05, 4.69) is 21.4 Å². The summed E-state index contributed by atoms with van der Waals surface area (Å²) in [7, 11) is 0. The Bertz CT molecular complexity index is 1650. The Hall–Kier alpha value is -4.43. The van der Waals surface area contributed by atoms with Crippen LogP contribution < -0.4 is 5.32 Å². The first-order valence-corrected chi connectivity index (χ1v) is 12.4. The maximum Gasteiger partial charge on any atom is 0.237 e. The van der Waals surface area contributed by atoms with Crippen LogP contribution in [0.15, 0.2) is 85.3 Å². The van der Waals surface area contributed by atoms with Gasteiger partial charge in [0.15, 0.2) is 0 Å². The number of imidazole rings is 1. The van der Waals surface area contributed by atoms with E-state index in [4.69, 9.17) is 9.97 Å². The van der Waals surface area contributed by atoms with E-state index >= 15 is 0 Å². The third-order valence-corrected chi connectivity index (χ3v) is 7.86. The van der Waals surface area contributed by atoms with Gasteiger partial charge in [0.25, 0.3) is 0 Å². The predicted molar refractivity (Wildman–Crippen MR) is 140 cm³/mol. The Morgan fingerprint density at radius 3 is 2.43 bits per heavy atom. The molecule has 3 heterocycles. The van der Waals surface area contributed by atoms with Gasteiger partial charge >= 0.3 is 0 Å². The summed E-state index contributed by atoms with van der Waals surface area (Å²) in [6, 6.07) is 22.6. The molecule has 4 atom stereocenters. The summed E-state index contributed by atoms with van der Waals surface area (Å²) in [4.78, 5) is 30.2. The number of hydrogen-bond acceptors (Lipinski definition) is 6. The number of rotatable bonds is 4. The van der Waals surface area contributed by atoms with Crippen LogP contribution >= 0.6 is 0 Å². The number of nitrogens with zero attached hydrogens (tertiary/aromatic N) is 4. The molecule has 4 unspecified atom stereocenters. The molecule has 8 nitrogen and oxygen atoms in total. The highest BCUT2D eigenvalue weighted by atomic mass is 16.6. The molecule has 2 aliphatic rings. The fourth-order valence-electron chi connectivity index (χ4n) is 6.34. The van der Waals surface area contributed by atoms with Crippen molar-refractivity contribution >= 4 is 11.0 Å². The molecule has 182 valence electrons. The van der Waals surface area contributed by atoms with E-state index in [0.29, 0.717) is 6.42 Å². The van der Waals surface area contributed by atoms with Crippen molar-refractivity contribution < 1.29 is 4.92 Å². The van der Waals surface area contributed by atoms with Crippen LogP contribution in [0.1, 0.15) is 34.0 Å². The van der Waals surface area contributed by atoms with Gasteiger partial charge in [0.2, 0.25) is 6.04 Å². The molecule has 5 aromatic rings. The summed E-state index contributed by atoms with van der Waals surface area (Å²) < 4.78 is 0. The van der Waals surface area contributed by atoms with Crippen molar-refractivity contribution in [1.82, 2.24) is 25.3 Å². The SMILES string of the molecule is Cc1ccc(C2C([N+](=O)[O-])C(Cc3cnc[nH]3)NC23c2ccccc2-c2nc4ccccc4nc23)cc1. The summed E-state index contributed by atoms with van der Waals surface area (Å²) >= 11 is 0. The first kappa shape index (κ1) is 21.8. The Kier molecular flexibility index (Phi) is 4.74. The number of benzene rings is 3. The average molecular weight is 489 g/mol. The lowest BCUT2D eigenvalue weighted by Crippen LogP contribution is -2.44. The molecule has 1 saturated heterocycles. The van der Waals surface area contributed by atoms with E-state index < -0.39 is 23.5 Å². The predicted octanol–water partition coefficient (Wildman–Crippen LogP) is 4.53. The van der Waals surface area contributed by atoms with Crippen molar-refractivity contribution in [3.63, 3.8) is 0 Å². The number of nitro groups is 1. The number of aromatic amines is 1. The fourth-order valence-corrected chi connectivity index (χ4v) is 6.34. The van der Waals surface area contributed by atoms with Gasteiger partial charge < -0.3 is 4.98 Å². The second-order valence-electron chi connectivity index (χ2n) is 9.96. The molecular formula is C29H24N6O2. The summed E-state index contributed by atoms with van der Waals surface area (Å²) in [5.41, 5.74) is 6.99. The number of fused-ring (bicyclic) bond motifs is 6. The normalized spacial score (nSPS) is 23.9.